The van der Waals surface area contributed by atoms with Gasteiger partial charge >= 0.3 is 6.18 Å². The van der Waals surface area contributed by atoms with Gasteiger partial charge in [0.25, 0.3) is 0 Å². The van der Waals surface area contributed by atoms with Crippen molar-refractivity contribution in [2.45, 2.75) is 6.18 Å². The first kappa shape index (κ1) is 10.5. The maximum atomic E-state index is 12.2. The number of hydrogen-bond acceptors (Lipinski definition) is 3. The highest BCUT2D eigenvalue weighted by Crippen LogP contribution is 2.28. The summed E-state index contributed by atoms with van der Waals surface area (Å²) in [7, 11) is 0. The second-order valence-corrected chi connectivity index (χ2v) is 2.99. The van der Waals surface area contributed by atoms with E-state index in [2.05, 4.69) is 20.3 Å². The fourth-order valence-electron chi connectivity index (χ4n) is 1.11. The van der Waals surface area contributed by atoms with Crippen LogP contribution in [0.3, 0.4) is 0 Å². The van der Waals surface area contributed by atoms with E-state index < -0.39 is 11.9 Å². The van der Waals surface area contributed by atoms with E-state index in [4.69, 9.17) is 0 Å². The molecule has 0 fully saturated rings. The van der Waals surface area contributed by atoms with Gasteiger partial charge in [0.2, 0.25) is 5.95 Å². The van der Waals surface area contributed by atoms with Gasteiger partial charge in [-0.3, -0.25) is 0 Å². The van der Waals surface area contributed by atoms with Crippen LogP contribution in [0.5, 0.6) is 0 Å². The molecule has 16 heavy (non-hydrogen) atoms. The van der Waals surface area contributed by atoms with Gasteiger partial charge < -0.3 is 10.3 Å². The molecular formula is C9H7F3N4. The average molecular weight is 228 g/mol. The topological polar surface area (TPSA) is 53.6 Å². The van der Waals surface area contributed by atoms with Crippen LogP contribution < -0.4 is 5.32 Å². The zero-order chi connectivity index (χ0) is 11.6. The number of nitrogens with zero attached hydrogens (tertiary/aromatic N) is 2. The quantitative estimate of drug-likeness (QED) is 0.830. The summed E-state index contributed by atoms with van der Waals surface area (Å²) in [4.78, 5) is 9.93. The van der Waals surface area contributed by atoms with E-state index in [0.717, 1.165) is 12.3 Å². The molecule has 2 rings (SSSR count). The third-order valence-corrected chi connectivity index (χ3v) is 1.81. The SMILES string of the molecule is FC(F)(F)c1ccc(Nc2ncc[nH]2)cn1. The third-order valence-electron chi connectivity index (χ3n) is 1.81. The van der Waals surface area contributed by atoms with Crippen LogP contribution in [0, 0.1) is 0 Å². The van der Waals surface area contributed by atoms with Gasteiger partial charge in [0.1, 0.15) is 5.69 Å². The number of pyridine rings is 1. The summed E-state index contributed by atoms with van der Waals surface area (Å²) in [5, 5.41) is 2.77. The Morgan fingerprint density at radius 2 is 2.00 bits per heavy atom. The number of nitrogens with one attached hydrogen (secondary N) is 2. The highest BCUT2D eigenvalue weighted by molar-refractivity contribution is 5.51. The van der Waals surface area contributed by atoms with Crippen molar-refractivity contribution in [3.05, 3.63) is 36.4 Å². The molecule has 0 amide bonds. The molecule has 0 aliphatic carbocycles. The Morgan fingerprint density at radius 1 is 1.19 bits per heavy atom. The van der Waals surface area contributed by atoms with Crippen LogP contribution in [0.15, 0.2) is 30.7 Å². The number of anilines is 2. The average Bonchev–Trinajstić information content (AvgIpc) is 2.70. The van der Waals surface area contributed by atoms with Crippen LogP contribution in [-0.4, -0.2) is 15.0 Å². The van der Waals surface area contributed by atoms with Crippen LogP contribution in [0.1, 0.15) is 5.69 Å². The Balaban J connectivity index is 2.14. The first-order valence-corrected chi connectivity index (χ1v) is 4.35. The predicted octanol–water partition coefficient (Wildman–Crippen LogP) is 2.57. The van der Waals surface area contributed by atoms with E-state index in [1.165, 1.54) is 12.3 Å². The van der Waals surface area contributed by atoms with Gasteiger partial charge in [0.15, 0.2) is 0 Å². The van der Waals surface area contributed by atoms with Crippen molar-refractivity contribution in [2.24, 2.45) is 0 Å². The minimum atomic E-state index is -4.41. The molecule has 0 aliphatic heterocycles. The van der Waals surface area contributed by atoms with Crippen LogP contribution >= 0.6 is 0 Å². The van der Waals surface area contributed by atoms with Gasteiger partial charge in [-0.2, -0.15) is 13.2 Å². The smallest absolute Gasteiger partial charge is 0.331 e. The number of rotatable bonds is 2. The van der Waals surface area contributed by atoms with Gasteiger partial charge in [0, 0.05) is 12.4 Å². The molecule has 2 aromatic heterocycles. The molecule has 4 nitrogen and oxygen atoms in total. The lowest BCUT2D eigenvalue weighted by Crippen LogP contribution is -2.07. The molecule has 0 spiro atoms. The largest absolute Gasteiger partial charge is 0.433 e. The van der Waals surface area contributed by atoms with Crippen molar-refractivity contribution < 1.29 is 13.2 Å². The molecule has 0 aromatic carbocycles. The van der Waals surface area contributed by atoms with Crippen molar-refractivity contribution in [2.75, 3.05) is 5.32 Å². The lowest BCUT2D eigenvalue weighted by molar-refractivity contribution is -0.141. The lowest BCUT2D eigenvalue weighted by Gasteiger charge is -2.06. The maximum Gasteiger partial charge on any atom is 0.433 e. The standard InChI is InChI=1S/C9H7F3N4/c10-9(11,12)7-2-1-6(5-15-7)16-8-13-3-4-14-8/h1-5H,(H2,13,14,16). The Morgan fingerprint density at radius 3 is 2.50 bits per heavy atom. The number of imidazole rings is 1. The Bertz CT molecular complexity index is 447. The van der Waals surface area contributed by atoms with E-state index in [-0.39, 0.29) is 0 Å². The summed E-state index contributed by atoms with van der Waals surface area (Å²) in [5.41, 5.74) is -0.486. The van der Waals surface area contributed by atoms with Crippen LogP contribution in [0.4, 0.5) is 24.8 Å². The fourth-order valence-corrected chi connectivity index (χ4v) is 1.11. The van der Waals surface area contributed by atoms with E-state index >= 15 is 0 Å². The summed E-state index contributed by atoms with van der Waals surface area (Å²) >= 11 is 0. The van der Waals surface area contributed by atoms with Crippen LogP contribution in [0.25, 0.3) is 0 Å². The molecule has 0 unspecified atom stereocenters. The molecule has 7 heteroatoms. The molecule has 0 saturated heterocycles. The highest BCUT2D eigenvalue weighted by Gasteiger charge is 2.31. The highest BCUT2D eigenvalue weighted by atomic mass is 19.4. The first-order valence-electron chi connectivity index (χ1n) is 4.35. The first-order chi connectivity index (χ1) is 7.55. The van der Waals surface area contributed by atoms with E-state index in [1.807, 2.05) is 0 Å². The molecule has 2 heterocycles. The monoisotopic (exact) mass is 228 g/mol. The van der Waals surface area contributed by atoms with Gasteiger partial charge in [-0.15, -0.1) is 0 Å². The number of hydrogen-bond donors (Lipinski definition) is 2. The van der Waals surface area contributed by atoms with Gasteiger partial charge in [0.05, 0.1) is 11.9 Å². The molecule has 0 radical (unpaired) electrons. The summed E-state index contributed by atoms with van der Waals surface area (Å²) < 4.78 is 36.6. The molecule has 2 aromatic rings. The normalized spacial score (nSPS) is 11.4. The number of H-pyrrole nitrogens is 1. The number of alkyl halides is 3. The van der Waals surface area contributed by atoms with Gasteiger partial charge in [-0.25, -0.2) is 9.97 Å². The van der Waals surface area contributed by atoms with Crippen molar-refractivity contribution >= 4 is 11.6 Å². The summed E-state index contributed by atoms with van der Waals surface area (Å²) in [5.74, 6) is 0.446. The number of aromatic amines is 1. The van der Waals surface area contributed by atoms with Crippen molar-refractivity contribution in [3.8, 4) is 0 Å². The van der Waals surface area contributed by atoms with Gasteiger partial charge in [-0.1, -0.05) is 0 Å². The maximum absolute atomic E-state index is 12.2. The molecule has 84 valence electrons. The minimum absolute atomic E-state index is 0.433. The molecule has 0 aliphatic rings. The Hall–Kier alpha value is -2.05. The van der Waals surface area contributed by atoms with Crippen LogP contribution in [-0.2, 0) is 6.18 Å². The molecule has 0 bridgehead atoms. The van der Waals surface area contributed by atoms with Gasteiger partial charge in [-0.05, 0) is 12.1 Å². The Kier molecular flexibility index (Phi) is 2.51. The predicted molar refractivity (Wildman–Crippen MR) is 51.1 cm³/mol. The minimum Gasteiger partial charge on any atom is -0.331 e. The molecule has 2 N–H and O–H groups in total. The third kappa shape index (κ3) is 2.30. The summed E-state index contributed by atoms with van der Waals surface area (Å²) in [6, 6.07) is 2.20. The number of aromatic nitrogens is 3. The Labute approximate surface area is 88.5 Å². The fraction of sp³-hybridized carbons (Fsp3) is 0.111. The number of halogens is 3. The lowest BCUT2D eigenvalue weighted by atomic mass is 10.3. The summed E-state index contributed by atoms with van der Waals surface area (Å²) in [6.45, 7) is 0. The van der Waals surface area contributed by atoms with E-state index in [9.17, 15) is 13.2 Å². The van der Waals surface area contributed by atoms with Crippen molar-refractivity contribution in [3.63, 3.8) is 0 Å². The molecular weight excluding hydrogens is 221 g/mol. The summed E-state index contributed by atoms with van der Waals surface area (Å²) in [6.07, 6.45) is -0.186. The molecule has 0 saturated carbocycles. The van der Waals surface area contributed by atoms with E-state index in [1.54, 1.807) is 6.20 Å². The zero-order valence-corrected chi connectivity index (χ0v) is 7.92. The molecule has 0 atom stereocenters. The van der Waals surface area contributed by atoms with Crippen molar-refractivity contribution in [1.29, 1.82) is 0 Å². The second-order valence-electron chi connectivity index (χ2n) is 2.99. The zero-order valence-electron chi connectivity index (χ0n) is 7.92. The van der Waals surface area contributed by atoms with Crippen molar-refractivity contribution in [1.82, 2.24) is 15.0 Å². The van der Waals surface area contributed by atoms with E-state index in [0.29, 0.717) is 11.6 Å². The van der Waals surface area contributed by atoms with Crippen LogP contribution in [0.2, 0.25) is 0 Å². The second kappa shape index (κ2) is 3.84.